The van der Waals surface area contributed by atoms with E-state index in [2.05, 4.69) is 0 Å². The summed E-state index contributed by atoms with van der Waals surface area (Å²) in [5.74, 6) is -0.838. The van der Waals surface area contributed by atoms with Gasteiger partial charge in [-0.1, -0.05) is 5.57 Å². The van der Waals surface area contributed by atoms with Crippen molar-refractivity contribution in [3.63, 3.8) is 0 Å². The first-order valence-electron chi connectivity index (χ1n) is 7.36. The molecular formula is C17H22F3NO3. The Morgan fingerprint density at radius 3 is 2.08 bits per heavy atom. The molecule has 1 aromatic carbocycles. The highest BCUT2D eigenvalue weighted by molar-refractivity contribution is 5.81. The van der Waals surface area contributed by atoms with E-state index in [0.29, 0.717) is 17.1 Å². The molecule has 1 atom stereocenters. The minimum Gasteiger partial charge on any atom is -0.496 e. The van der Waals surface area contributed by atoms with Gasteiger partial charge in [0.15, 0.2) is 0 Å². The normalized spacial score (nSPS) is 12.3. The molecule has 0 aromatic heterocycles. The Hall–Kier alpha value is -2.18. The highest BCUT2D eigenvalue weighted by Crippen LogP contribution is 2.33. The topological polar surface area (TPSA) is 47.6 Å². The fourth-order valence-corrected chi connectivity index (χ4v) is 2.25. The van der Waals surface area contributed by atoms with Crippen molar-refractivity contribution in [1.82, 2.24) is 5.32 Å². The third kappa shape index (κ3) is 5.47. The first-order chi connectivity index (χ1) is 11.1. The minimum absolute atomic E-state index is 0.212. The summed E-state index contributed by atoms with van der Waals surface area (Å²) in [4.78, 5) is 11.0. The molecule has 0 heterocycles. The van der Waals surface area contributed by atoms with Crippen LogP contribution >= 0.6 is 0 Å². The maximum atomic E-state index is 12.3. The summed E-state index contributed by atoms with van der Waals surface area (Å²) in [6.45, 7) is 5.37. The molecule has 1 N–H and O–H groups in total. The van der Waals surface area contributed by atoms with Gasteiger partial charge < -0.3 is 14.8 Å². The van der Waals surface area contributed by atoms with Gasteiger partial charge in [0.05, 0.1) is 19.8 Å². The largest absolute Gasteiger partial charge is 0.496 e. The Morgan fingerprint density at radius 1 is 1.21 bits per heavy atom. The Morgan fingerprint density at radius 2 is 1.71 bits per heavy atom. The fraction of sp³-hybridized carbons (Fsp3) is 0.471. The average Bonchev–Trinajstić information content (AvgIpc) is 2.46. The summed E-state index contributed by atoms with van der Waals surface area (Å²) in [6.07, 6.45) is -2.78. The van der Waals surface area contributed by atoms with E-state index in [1.54, 1.807) is 12.1 Å². The van der Waals surface area contributed by atoms with E-state index in [-0.39, 0.29) is 6.42 Å². The molecular weight excluding hydrogens is 323 g/mol. The van der Waals surface area contributed by atoms with E-state index in [0.717, 1.165) is 11.1 Å². The first-order valence-corrected chi connectivity index (χ1v) is 7.36. The number of methoxy groups -OCH3 is 2. The number of amides is 1. The third-order valence-corrected chi connectivity index (χ3v) is 3.21. The monoisotopic (exact) mass is 345 g/mol. The maximum Gasteiger partial charge on any atom is 0.471 e. The van der Waals surface area contributed by atoms with Crippen molar-refractivity contribution in [2.24, 2.45) is 0 Å². The summed E-state index contributed by atoms with van der Waals surface area (Å²) < 4.78 is 47.6. The number of nitrogens with one attached hydrogen (secondary N) is 1. The molecule has 0 bridgehead atoms. The SMILES string of the molecule is COc1cc(CC(C)NC(=O)C(F)(F)F)cc(OC)c1C=C(C)C. The maximum absolute atomic E-state index is 12.3. The van der Waals surface area contributed by atoms with E-state index in [4.69, 9.17) is 9.47 Å². The van der Waals surface area contributed by atoms with Gasteiger partial charge in [0, 0.05) is 6.04 Å². The number of hydrogen-bond acceptors (Lipinski definition) is 3. The number of carbonyl (C=O) groups excluding carboxylic acids is 1. The van der Waals surface area contributed by atoms with Gasteiger partial charge in [-0.25, -0.2) is 0 Å². The second-order valence-corrected chi connectivity index (χ2v) is 5.71. The summed E-state index contributed by atoms with van der Waals surface area (Å²) >= 11 is 0. The van der Waals surface area contributed by atoms with E-state index in [1.807, 2.05) is 25.2 Å². The predicted molar refractivity (Wildman–Crippen MR) is 86.2 cm³/mol. The van der Waals surface area contributed by atoms with Gasteiger partial charge in [0.2, 0.25) is 0 Å². The summed E-state index contributed by atoms with van der Waals surface area (Å²) in [6, 6.07) is 2.77. The molecule has 134 valence electrons. The van der Waals surface area contributed by atoms with Crippen molar-refractivity contribution in [2.75, 3.05) is 14.2 Å². The molecule has 24 heavy (non-hydrogen) atoms. The minimum atomic E-state index is -4.89. The van der Waals surface area contributed by atoms with Gasteiger partial charge in [-0.2, -0.15) is 13.2 Å². The average molecular weight is 345 g/mol. The number of hydrogen-bond donors (Lipinski definition) is 1. The lowest BCUT2D eigenvalue weighted by molar-refractivity contribution is -0.174. The molecule has 4 nitrogen and oxygen atoms in total. The van der Waals surface area contributed by atoms with Crippen LogP contribution in [0.5, 0.6) is 11.5 Å². The number of allylic oxidation sites excluding steroid dienone is 1. The first kappa shape index (κ1) is 19.9. The molecule has 0 spiro atoms. The van der Waals surface area contributed by atoms with Gasteiger partial charge in [-0.15, -0.1) is 0 Å². The zero-order valence-corrected chi connectivity index (χ0v) is 14.4. The molecule has 0 saturated heterocycles. The second-order valence-electron chi connectivity index (χ2n) is 5.71. The number of benzene rings is 1. The number of carbonyl (C=O) groups is 1. The van der Waals surface area contributed by atoms with Crippen LogP contribution < -0.4 is 14.8 Å². The van der Waals surface area contributed by atoms with Crippen LogP contribution in [0, 0.1) is 0 Å². The van der Waals surface area contributed by atoms with E-state index in [1.165, 1.54) is 21.1 Å². The number of ether oxygens (including phenoxy) is 2. The van der Waals surface area contributed by atoms with Gasteiger partial charge in [-0.05, 0) is 51.0 Å². The van der Waals surface area contributed by atoms with Crippen LogP contribution in [0.4, 0.5) is 13.2 Å². The van der Waals surface area contributed by atoms with Crippen LogP contribution in [0.15, 0.2) is 17.7 Å². The fourth-order valence-electron chi connectivity index (χ4n) is 2.25. The predicted octanol–water partition coefficient (Wildman–Crippen LogP) is 3.74. The molecule has 0 saturated carbocycles. The van der Waals surface area contributed by atoms with E-state index >= 15 is 0 Å². The highest BCUT2D eigenvalue weighted by Gasteiger charge is 2.39. The van der Waals surface area contributed by atoms with Gasteiger partial charge >= 0.3 is 12.1 Å². The van der Waals surface area contributed by atoms with Crippen LogP contribution in [0.2, 0.25) is 0 Å². The van der Waals surface area contributed by atoms with Crippen molar-refractivity contribution >= 4 is 12.0 Å². The lowest BCUT2D eigenvalue weighted by Gasteiger charge is -2.18. The Balaban J connectivity index is 3.05. The van der Waals surface area contributed by atoms with Crippen molar-refractivity contribution in [3.8, 4) is 11.5 Å². The molecule has 0 fully saturated rings. The lowest BCUT2D eigenvalue weighted by atomic mass is 10.0. The molecule has 0 radical (unpaired) electrons. The molecule has 1 unspecified atom stereocenters. The quantitative estimate of drug-likeness (QED) is 0.854. The zero-order valence-electron chi connectivity index (χ0n) is 14.4. The molecule has 7 heteroatoms. The zero-order chi connectivity index (χ0) is 18.5. The highest BCUT2D eigenvalue weighted by atomic mass is 19.4. The van der Waals surface area contributed by atoms with Gasteiger partial charge in [0.1, 0.15) is 11.5 Å². The standard InChI is InChI=1S/C17H22F3NO3/c1-10(2)6-13-14(23-4)8-12(9-15(13)24-5)7-11(3)21-16(22)17(18,19)20/h6,8-9,11H,7H2,1-5H3,(H,21,22). The second kappa shape index (κ2) is 8.08. The molecule has 1 rings (SSSR count). The Bertz CT molecular complexity index is 595. The van der Waals surface area contributed by atoms with Crippen LogP contribution in [0.1, 0.15) is 31.9 Å². The summed E-state index contributed by atoms with van der Waals surface area (Å²) in [5.41, 5.74) is 2.51. The number of halogens is 3. The van der Waals surface area contributed by atoms with Crippen molar-refractivity contribution in [3.05, 3.63) is 28.8 Å². The number of rotatable bonds is 6. The Labute approximate surface area is 139 Å². The van der Waals surface area contributed by atoms with Crippen LogP contribution in [0.3, 0.4) is 0 Å². The Kier molecular flexibility index (Phi) is 6.69. The van der Waals surface area contributed by atoms with Crippen molar-refractivity contribution in [1.29, 1.82) is 0 Å². The van der Waals surface area contributed by atoms with Gasteiger partial charge in [-0.3, -0.25) is 4.79 Å². The molecule has 0 aliphatic rings. The molecule has 0 aliphatic carbocycles. The van der Waals surface area contributed by atoms with Crippen LogP contribution in [-0.2, 0) is 11.2 Å². The lowest BCUT2D eigenvalue weighted by Crippen LogP contribution is -2.42. The smallest absolute Gasteiger partial charge is 0.471 e. The molecule has 1 aromatic rings. The summed E-state index contributed by atoms with van der Waals surface area (Å²) in [5, 5.41) is 1.93. The van der Waals surface area contributed by atoms with Crippen molar-refractivity contribution in [2.45, 2.75) is 39.4 Å². The van der Waals surface area contributed by atoms with E-state index < -0.39 is 18.1 Å². The van der Waals surface area contributed by atoms with Crippen LogP contribution in [0.25, 0.3) is 6.08 Å². The summed E-state index contributed by atoms with van der Waals surface area (Å²) in [7, 11) is 3.02. The van der Waals surface area contributed by atoms with Crippen molar-refractivity contribution < 1.29 is 27.4 Å². The molecule has 0 aliphatic heterocycles. The van der Waals surface area contributed by atoms with Gasteiger partial charge in [0.25, 0.3) is 0 Å². The number of alkyl halides is 3. The third-order valence-electron chi connectivity index (χ3n) is 3.21. The van der Waals surface area contributed by atoms with Crippen LogP contribution in [-0.4, -0.2) is 32.3 Å². The molecule has 1 amide bonds. The van der Waals surface area contributed by atoms with E-state index in [9.17, 15) is 18.0 Å².